The molecule has 0 amide bonds. The van der Waals surface area contributed by atoms with Gasteiger partial charge in [-0.05, 0) is 24.6 Å². The summed E-state index contributed by atoms with van der Waals surface area (Å²) < 4.78 is 0. The molecule has 2 rings (SSSR count). The van der Waals surface area contributed by atoms with E-state index in [1.165, 1.54) is 11.1 Å². The van der Waals surface area contributed by atoms with Crippen molar-refractivity contribution < 1.29 is 0 Å². The number of aromatic amines is 2. The molecule has 0 unspecified atom stereocenters. The molecule has 2 aromatic rings. The van der Waals surface area contributed by atoms with Gasteiger partial charge in [-0.1, -0.05) is 0 Å². The number of aryl methyl sites for hydroxylation is 1. The highest BCUT2D eigenvalue weighted by atomic mass is 15.1. The van der Waals surface area contributed by atoms with Gasteiger partial charge in [-0.3, -0.25) is 10.2 Å². The number of rotatable bonds is 4. The van der Waals surface area contributed by atoms with Crippen LogP contribution in [-0.4, -0.2) is 26.9 Å². The molecule has 80 valence electrons. The highest BCUT2D eigenvalue weighted by Gasteiger charge is 2.07. The second-order valence-electron chi connectivity index (χ2n) is 3.61. The fourth-order valence-electron chi connectivity index (χ4n) is 1.61. The van der Waals surface area contributed by atoms with Gasteiger partial charge in [0.25, 0.3) is 0 Å². The number of hydrogen-bond acceptors (Lipinski definition) is 3. The van der Waals surface area contributed by atoms with E-state index in [4.69, 9.17) is 5.73 Å². The van der Waals surface area contributed by atoms with Crippen molar-refractivity contribution in [3.8, 4) is 0 Å². The van der Waals surface area contributed by atoms with Crippen LogP contribution in [0.1, 0.15) is 22.5 Å². The first-order chi connectivity index (χ1) is 7.31. The van der Waals surface area contributed by atoms with Gasteiger partial charge in [0.1, 0.15) is 0 Å². The zero-order valence-electron chi connectivity index (χ0n) is 8.75. The van der Waals surface area contributed by atoms with Crippen LogP contribution in [-0.2, 0) is 12.8 Å². The van der Waals surface area contributed by atoms with Crippen molar-refractivity contribution in [1.29, 1.82) is 0 Å². The lowest BCUT2D eigenvalue weighted by Gasteiger charge is -2.00. The van der Waals surface area contributed by atoms with Crippen molar-refractivity contribution in [3.05, 3.63) is 34.9 Å². The summed E-state index contributed by atoms with van der Waals surface area (Å²) in [5, 5.41) is 13.9. The summed E-state index contributed by atoms with van der Waals surface area (Å²) in [6.07, 6.45) is 5.41. The van der Waals surface area contributed by atoms with E-state index >= 15 is 0 Å². The number of aromatic nitrogens is 4. The van der Waals surface area contributed by atoms with E-state index in [0.717, 1.165) is 24.2 Å². The Bertz CT molecular complexity index is 428. The van der Waals surface area contributed by atoms with Crippen molar-refractivity contribution in [1.82, 2.24) is 20.4 Å². The van der Waals surface area contributed by atoms with Crippen molar-refractivity contribution in [2.24, 2.45) is 5.73 Å². The van der Waals surface area contributed by atoms with Gasteiger partial charge in [0.15, 0.2) is 0 Å². The normalized spacial score (nSPS) is 10.8. The second kappa shape index (κ2) is 4.27. The third-order valence-electron chi connectivity index (χ3n) is 2.52. The quantitative estimate of drug-likeness (QED) is 0.681. The minimum absolute atomic E-state index is 0.638. The average Bonchev–Trinajstić information content (AvgIpc) is 2.80. The predicted molar refractivity (Wildman–Crippen MR) is 57.5 cm³/mol. The van der Waals surface area contributed by atoms with Gasteiger partial charge in [0.2, 0.25) is 0 Å². The lowest BCUT2D eigenvalue weighted by molar-refractivity contribution is 0.889. The van der Waals surface area contributed by atoms with Crippen LogP contribution in [0, 0.1) is 6.92 Å². The molecule has 5 nitrogen and oxygen atoms in total. The van der Waals surface area contributed by atoms with E-state index in [9.17, 15) is 0 Å². The van der Waals surface area contributed by atoms with Crippen LogP contribution in [0.2, 0.25) is 0 Å². The van der Waals surface area contributed by atoms with Gasteiger partial charge in [-0.2, -0.15) is 10.2 Å². The highest BCUT2D eigenvalue weighted by molar-refractivity contribution is 5.27. The van der Waals surface area contributed by atoms with Crippen LogP contribution >= 0.6 is 0 Å². The summed E-state index contributed by atoms with van der Waals surface area (Å²) in [7, 11) is 0. The van der Waals surface area contributed by atoms with Crippen LogP contribution in [0.25, 0.3) is 0 Å². The number of nitrogens with zero attached hydrogens (tertiary/aromatic N) is 2. The summed E-state index contributed by atoms with van der Waals surface area (Å²) in [6.45, 7) is 2.66. The lowest BCUT2D eigenvalue weighted by atomic mass is 10.1. The lowest BCUT2D eigenvalue weighted by Crippen LogP contribution is -2.05. The van der Waals surface area contributed by atoms with E-state index in [-0.39, 0.29) is 0 Å². The van der Waals surface area contributed by atoms with Crippen molar-refractivity contribution in [2.45, 2.75) is 19.8 Å². The van der Waals surface area contributed by atoms with Gasteiger partial charge in [0.05, 0.1) is 12.4 Å². The van der Waals surface area contributed by atoms with Crippen LogP contribution in [0.5, 0.6) is 0 Å². The number of hydrogen-bond donors (Lipinski definition) is 3. The molecule has 0 radical (unpaired) electrons. The first-order valence-corrected chi connectivity index (χ1v) is 5.01. The monoisotopic (exact) mass is 205 g/mol. The standard InChI is InChI=1S/C10H15N5/c1-7-8(5-12-14-7)4-9-6-13-15-10(9)2-3-11/h5-6H,2-4,11H2,1H3,(H,12,14)(H,13,15). The van der Waals surface area contributed by atoms with Gasteiger partial charge in [-0.25, -0.2) is 0 Å². The van der Waals surface area contributed by atoms with Gasteiger partial charge < -0.3 is 5.73 Å². The van der Waals surface area contributed by atoms with Crippen molar-refractivity contribution >= 4 is 0 Å². The molecule has 2 heterocycles. The second-order valence-corrected chi connectivity index (χ2v) is 3.61. The third-order valence-corrected chi connectivity index (χ3v) is 2.52. The largest absolute Gasteiger partial charge is 0.330 e. The Labute approximate surface area is 88.1 Å². The molecular formula is C10H15N5. The summed E-state index contributed by atoms with van der Waals surface area (Å²) in [5.41, 5.74) is 10.2. The first-order valence-electron chi connectivity index (χ1n) is 5.01. The minimum Gasteiger partial charge on any atom is -0.330 e. The molecule has 0 aliphatic heterocycles. The Kier molecular flexibility index (Phi) is 2.82. The summed E-state index contributed by atoms with van der Waals surface area (Å²) in [5.74, 6) is 0. The van der Waals surface area contributed by atoms with Gasteiger partial charge >= 0.3 is 0 Å². The molecule has 0 fully saturated rings. The maximum Gasteiger partial charge on any atom is 0.0525 e. The molecule has 0 aliphatic rings. The summed E-state index contributed by atoms with van der Waals surface area (Å²) in [4.78, 5) is 0. The van der Waals surface area contributed by atoms with Crippen LogP contribution in [0.3, 0.4) is 0 Å². The van der Waals surface area contributed by atoms with Crippen LogP contribution in [0.15, 0.2) is 12.4 Å². The van der Waals surface area contributed by atoms with Crippen molar-refractivity contribution in [3.63, 3.8) is 0 Å². The molecular weight excluding hydrogens is 190 g/mol. The molecule has 0 bridgehead atoms. The third kappa shape index (κ3) is 2.07. The molecule has 5 heteroatoms. The van der Waals surface area contributed by atoms with Gasteiger partial charge in [-0.15, -0.1) is 0 Å². The molecule has 0 spiro atoms. The van der Waals surface area contributed by atoms with E-state index in [0.29, 0.717) is 6.54 Å². The fourth-order valence-corrected chi connectivity index (χ4v) is 1.61. The Morgan fingerprint density at radius 1 is 1.20 bits per heavy atom. The van der Waals surface area contributed by atoms with E-state index < -0.39 is 0 Å². The Balaban J connectivity index is 2.17. The average molecular weight is 205 g/mol. The molecule has 2 aromatic heterocycles. The Morgan fingerprint density at radius 3 is 2.60 bits per heavy atom. The zero-order valence-corrected chi connectivity index (χ0v) is 8.75. The molecule has 4 N–H and O–H groups in total. The van der Waals surface area contributed by atoms with Crippen LogP contribution in [0.4, 0.5) is 0 Å². The predicted octanol–water partition coefficient (Wildman–Crippen LogP) is 0.533. The maximum absolute atomic E-state index is 5.53. The van der Waals surface area contributed by atoms with E-state index in [2.05, 4.69) is 20.4 Å². The highest BCUT2D eigenvalue weighted by Crippen LogP contribution is 2.13. The number of H-pyrrole nitrogens is 2. The summed E-state index contributed by atoms with van der Waals surface area (Å²) in [6, 6.07) is 0. The first kappa shape index (κ1) is 9.92. The Hall–Kier alpha value is -1.62. The molecule has 0 aromatic carbocycles. The van der Waals surface area contributed by atoms with Gasteiger partial charge in [0, 0.05) is 24.2 Å². The molecule has 0 saturated carbocycles. The SMILES string of the molecule is Cc1[nH]ncc1Cc1cn[nH]c1CCN. The Morgan fingerprint density at radius 2 is 1.93 bits per heavy atom. The topological polar surface area (TPSA) is 83.4 Å². The van der Waals surface area contributed by atoms with E-state index in [1.54, 1.807) is 0 Å². The van der Waals surface area contributed by atoms with Crippen LogP contribution < -0.4 is 5.73 Å². The molecule has 0 saturated heterocycles. The smallest absolute Gasteiger partial charge is 0.0525 e. The fraction of sp³-hybridized carbons (Fsp3) is 0.400. The maximum atomic E-state index is 5.53. The minimum atomic E-state index is 0.638. The van der Waals surface area contributed by atoms with Crippen molar-refractivity contribution in [2.75, 3.05) is 6.54 Å². The molecule has 0 aliphatic carbocycles. The number of nitrogens with one attached hydrogen (secondary N) is 2. The summed E-state index contributed by atoms with van der Waals surface area (Å²) >= 11 is 0. The number of nitrogens with two attached hydrogens (primary N) is 1. The molecule has 15 heavy (non-hydrogen) atoms. The molecule has 0 atom stereocenters. The van der Waals surface area contributed by atoms with E-state index in [1.807, 2.05) is 19.3 Å². The zero-order chi connectivity index (χ0) is 10.7.